The number of nitrogens with zero attached hydrogens (tertiary/aromatic N) is 2. The molecule has 0 bridgehead atoms. The predicted octanol–water partition coefficient (Wildman–Crippen LogP) is 4.29. The summed E-state index contributed by atoms with van der Waals surface area (Å²) in [6.45, 7) is 11.8. The van der Waals surface area contributed by atoms with Gasteiger partial charge in [0.1, 0.15) is 5.15 Å². The van der Waals surface area contributed by atoms with E-state index in [9.17, 15) is 0 Å². The SMILES string of the molecule is CC(C)C(=Cc1sc(N(C)C)nc1Cl)CNC(C)(C)C. The van der Waals surface area contributed by atoms with Crippen LogP contribution in [0.4, 0.5) is 5.13 Å². The van der Waals surface area contributed by atoms with Crippen LogP contribution in [-0.2, 0) is 0 Å². The number of nitrogens with one attached hydrogen (secondary N) is 1. The third-order valence-electron chi connectivity index (χ3n) is 2.86. The zero-order chi connectivity index (χ0) is 15.5. The van der Waals surface area contributed by atoms with Gasteiger partial charge in [-0.1, -0.05) is 42.4 Å². The Morgan fingerprint density at radius 2 is 2.00 bits per heavy atom. The van der Waals surface area contributed by atoms with Gasteiger partial charge in [-0.2, -0.15) is 0 Å². The standard InChI is InChI=1S/C15H26ClN3S/c1-10(2)11(9-17-15(3,4)5)8-12-13(16)18-14(20-12)19(6)7/h8,10,17H,9H2,1-7H3. The lowest BCUT2D eigenvalue weighted by atomic mass is 10.0. The molecular formula is C15H26ClN3S. The van der Waals surface area contributed by atoms with Crippen molar-refractivity contribution in [1.29, 1.82) is 0 Å². The van der Waals surface area contributed by atoms with Gasteiger partial charge in [-0.25, -0.2) is 4.98 Å². The van der Waals surface area contributed by atoms with E-state index in [1.54, 1.807) is 11.3 Å². The van der Waals surface area contributed by atoms with E-state index in [1.807, 2.05) is 19.0 Å². The lowest BCUT2D eigenvalue weighted by Crippen LogP contribution is -2.37. The van der Waals surface area contributed by atoms with E-state index in [4.69, 9.17) is 11.6 Å². The first-order valence-electron chi connectivity index (χ1n) is 6.89. The molecule has 5 heteroatoms. The van der Waals surface area contributed by atoms with Crippen LogP contribution in [0.25, 0.3) is 6.08 Å². The predicted molar refractivity (Wildman–Crippen MR) is 92.0 cm³/mol. The Morgan fingerprint density at radius 3 is 2.40 bits per heavy atom. The Morgan fingerprint density at radius 1 is 1.40 bits per heavy atom. The molecule has 0 amide bonds. The van der Waals surface area contributed by atoms with Gasteiger partial charge in [-0.05, 0) is 32.8 Å². The minimum Gasteiger partial charge on any atom is -0.354 e. The van der Waals surface area contributed by atoms with E-state index < -0.39 is 0 Å². The highest BCUT2D eigenvalue weighted by Gasteiger charge is 2.14. The van der Waals surface area contributed by atoms with E-state index in [2.05, 4.69) is 51.0 Å². The highest BCUT2D eigenvalue weighted by Crippen LogP contribution is 2.31. The average molecular weight is 316 g/mol. The second kappa shape index (κ2) is 6.92. The first-order chi connectivity index (χ1) is 9.10. The summed E-state index contributed by atoms with van der Waals surface area (Å²) in [5, 5.41) is 5.06. The van der Waals surface area contributed by atoms with Crippen LogP contribution in [0.15, 0.2) is 5.57 Å². The smallest absolute Gasteiger partial charge is 0.186 e. The molecule has 0 radical (unpaired) electrons. The van der Waals surface area contributed by atoms with Crippen molar-refractivity contribution in [2.24, 2.45) is 5.92 Å². The monoisotopic (exact) mass is 315 g/mol. The maximum Gasteiger partial charge on any atom is 0.186 e. The van der Waals surface area contributed by atoms with Crippen molar-refractivity contribution in [2.75, 3.05) is 25.5 Å². The first-order valence-corrected chi connectivity index (χ1v) is 8.08. The number of anilines is 1. The lowest BCUT2D eigenvalue weighted by molar-refractivity contribution is 0.437. The van der Waals surface area contributed by atoms with Gasteiger partial charge in [-0.3, -0.25) is 0 Å². The molecular weight excluding hydrogens is 290 g/mol. The summed E-state index contributed by atoms with van der Waals surface area (Å²) in [7, 11) is 3.96. The summed E-state index contributed by atoms with van der Waals surface area (Å²) in [6, 6.07) is 0. The van der Waals surface area contributed by atoms with Crippen LogP contribution in [0.3, 0.4) is 0 Å². The molecule has 0 fully saturated rings. The number of halogens is 1. The van der Waals surface area contributed by atoms with Crippen molar-refractivity contribution in [3.05, 3.63) is 15.6 Å². The number of hydrogen-bond donors (Lipinski definition) is 1. The topological polar surface area (TPSA) is 28.2 Å². The molecule has 1 N–H and O–H groups in total. The van der Waals surface area contributed by atoms with Crippen LogP contribution in [0.1, 0.15) is 39.5 Å². The Bertz CT molecular complexity index is 470. The number of hydrogen-bond acceptors (Lipinski definition) is 4. The summed E-state index contributed by atoms with van der Waals surface area (Å²) < 4.78 is 0. The Labute approximate surface area is 132 Å². The molecule has 0 saturated heterocycles. The third-order valence-corrected chi connectivity index (χ3v) is 4.43. The van der Waals surface area contributed by atoms with Gasteiger partial charge in [0, 0.05) is 26.2 Å². The van der Waals surface area contributed by atoms with Crippen LogP contribution in [0.5, 0.6) is 0 Å². The number of aromatic nitrogens is 1. The molecule has 1 aromatic heterocycles. The zero-order valence-electron chi connectivity index (χ0n) is 13.5. The molecule has 0 unspecified atom stereocenters. The maximum absolute atomic E-state index is 6.24. The van der Waals surface area contributed by atoms with Crippen molar-refractivity contribution in [2.45, 2.75) is 40.2 Å². The minimum absolute atomic E-state index is 0.111. The maximum atomic E-state index is 6.24. The van der Waals surface area contributed by atoms with Crippen LogP contribution in [0.2, 0.25) is 5.15 Å². The largest absolute Gasteiger partial charge is 0.354 e. The minimum atomic E-state index is 0.111. The summed E-state index contributed by atoms with van der Waals surface area (Å²) in [5.41, 5.74) is 1.45. The van der Waals surface area contributed by atoms with Gasteiger partial charge in [0.25, 0.3) is 0 Å². The molecule has 0 aliphatic heterocycles. The lowest BCUT2D eigenvalue weighted by Gasteiger charge is -2.23. The fourth-order valence-electron chi connectivity index (χ4n) is 1.54. The fourth-order valence-corrected chi connectivity index (χ4v) is 2.70. The van der Waals surface area contributed by atoms with Crippen LogP contribution in [-0.4, -0.2) is 31.2 Å². The highest BCUT2D eigenvalue weighted by molar-refractivity contribution is 7.17. The fraction of sp³-hybridized carbons (Fsp3) is 0.667. The van der Waals surface area contributed by atoms with Gasteiger partial charge in [-0.15, -0.1) is 0 Å². The van der Waals surface area contributed by atoms with Crippen LogP contribution in [0, 0.1) is 5.92 Å². The van der Waals surface area contributed by atoms with Gasteiger partial charge < -0.3 is 10.2 Å². The normalized spacial score (nSPS) is 13.2. The molecule has 0 atom stereocenters. The van der Waals surface area contributed by atoms with E-state index in [0.29, 0.717) is 11.1 Å². The molecule has 0 aromatic carbocycles. The Kier molecular flexibility index (Phi) is 6.05. The quantitative estimate of drug-likeness (QED) is 0.878. The summed E-state index contributed by atoms with van der Waals surface area (Å²) >= 11 is 7.86. The molecule has 1 aromatic rings. The van der Waals surface area contributed by atoms with Gasteiger partial charge in [0.2, 0.25) is 0 Å². The van der Waals surface area contributed by atoms with E-state index >= 15 is 0 Å². The molecule has 20 heavy (non-hydrogen) atoms. The van der Waals surface area contributed by atoms with Gasteiger partial charge in [0.15, 0.2) is 5.13 Å². The van der Waals surface area contributed by atoms with Crippen molar-refractivity contribution in [3.8, 4) is 0 Å². The second-order valence-corrected chi connectivity index (χ2v) is 7.89. The second-order valence-electron chi connectivity index (χ2n) is 6.52. The van der Waals surface area contributed by atoms with E-state index in [-0.39, 0.29) is 5.54 Å². The van der Waals surface area contributed by atoms with E-state index in [0.717, 1.165) is 16.6 Å². The highest BCUT2D eigenvalue weighted by atomic mass is 35.5. The van der Waals surface area contributed by atoms with Crippen molar-refractivity contribution >= 4 is 34.1 Å². The molecule has 0 saturated carbocycles. The average Bonchev–Trinajstić information content (AvgIpc) is 2.64. The number of thiazole rings is 1. The Hall–Kier alpha value is -0.580. The summed E-state index contributed by atoms with van der Waals surface area (Å²) in [5.74, 6) is 0.478. The molecule has 0 spiro atoms. The van der Waals surface area contributed by atoms with Crippen LogP contribution >= 0.6 is 22.9 Å². The molecule has 3 nitrogen and oxygen atoms in total. The molecule has 1 heterocycles. The first kappa shape index (κ1) is 17.5. The Balaban J connectivity index is 2.96. The van der Waals surface area contributed by atoms with Crippen molar-refractivity contribution < 1.29 is 0 Å². The zero-order valence-corrected chi connectivity index (χ0v) is 15.1. The summed E-state index contributed by atoms with van der Waals surface area (Å²) in [4.78, 5) is 7.40. The molecule has 0 aliphatic carbocycles. The molecule has 114 valence electrons. The number of rotatable bonds is 5. The van der Waals surface area contributed by atoms with Crippen molar-refractivity contribution in [3.63, 3.8) is 0 Å². The molecule has 1 rings (SSSR count). The third kappa shape index (κ3) is 5.43. The van der Waals surface area contributed by atoms with Gasteiger partial charge in [0.05, 0.1) is 4.88 Å². The van der Waals surface area contributed by atoms with Crippen LogP contribution < -0.4 is 10.2 Å². The van der Waals surface area contributed by atoms with E-state index in [1.165, 1.54) is 5.57 Å². The molecule has 0 aliphatic rings. The van der Waals surface area contributed by atoms with Crippen molar-refractivity contribution in [1.82, 2.24) is 10.3 Å². The summed E-state index contributed by atoms with van der Waals surface area (Å²) in [6.07, 6.45) is 2.18. The van der Waals surface area contributed by atoms with Gasteiger partial charge >= 0.3 is 0 Å².